The van der Waals surface area contributed by atoms with Crippen LogP contribution in [0.4, 0.5) is 0 Å². The topological polar surface area (TPSA) is 94.7 Å². The van der Waals surface area contributed by atoms with Crippen molar-refractivity contribution >= 4 is 0 Å². The van der Waals surface area contributed by atoms with Crippen molar-refractivity contribution < 1.29 is 4.57 Å². The van der Waals surface area contributed by atoms with E-state index >= 15 is 0 Å². The minimum atomic E-state index is -0.159. The van der Waals surface area contributed by atoms with Gasteiger partial charge in [0.05, 0.1) is 11.9 Å². The maximum Gasteiger partial charge on any atom is 0.263 e. The Morgan fingerprint density at radius 1 is 1.39 bits per heavy atom. The molecule has 2 heterocycles. The molecule has 0 radical (unpaired) electrons. The van der Waals surface area contributed by atoms with E-state index in [0.717, 1.165) is 23.3 Å². The standard InChI is InChI=1S/C11H14N7/c1-2-5-17-6-3-9(4-7-17)10-8-14-18(16-13)11(12)15-10/h3-4,6-8,12-13H,2,5H2,1H3/q+1. The molecular weight excluding hydrogens is 230 g/mol. The van der Waals surface area contributed by atoms with Crippen LogP contribution in [-0.2, 0) is 6.54 Å². The smallest absolute Gasteiger partial charge is 0.263 e. The van der Waals surface area contributed by atoms with Crippen molar-refractivity contribution in [1.29, 1.82) is 10.9 Å². The van der Waals surface area contributed by atoms with E-state index in [1.54, 1.807) is 0 Å². The minimum Gasteiger partial charge on any atom is -0.264 e. The van der Waals surface area contributed by atoms with Gasteiger partial charge in [-0.3, -0.25) is 5.41 Å². The van der Waals surface area contributed by atoms with Crippen molar-refractivity contribution in [3.05, 3.63) is 36.3 Å². The van der Waals surface area contributed by atoms with Crippen molar-refractivity contribution in [3.63, 3.8) is 0 Å². The van der Waals surface area contributed by atoms with Gasteiger partial charge >= 0.3 is 0 Å². The third-order valence-electron chi connectivity index (χ3n) is 2.47. The molecule has 92 valence electrons. The van der Waals surface area contributed by atoms with Crippen LogP contribution < -0.4 is 10.2 Å². The van der Waals surface area contributed by atoms with E-state index in [1.165, 1.54) is 6.20 Å². The molecule has 0 fully saturated rings. The molecule has 2 N–H and O–H groups in total. The lowest BCUT2D eigenvalue weighted by Gasteiger charge is -2.00. The van der Waals surface area contributed by atoms with E-state index in [4.69, 9.17) is 10.9 Å². The highest BCUT2D eigenvalue weighted by Crippen LogP contribution is 2.11. The summed E-state index contributed by atoms with van der Waals surface area (Å²) in [7, 11) is 0. The average molecular weight is 244 g/mol. The molecule has 0 unspecified atom stereocenters. The van der Waals surface area contributed by atoms with Gasteiger partial charge < -0.3 is 0 Å². The molecule has 2 aromatic rings. The van der Waals surface area contributed by atoms with Gasteiger partial charge in [-0.2, -0.15) is 10.6 Å². The molecule has 7 heteroatoms. The van der Waals surface area contributed by atoms with Crippen LogP contribution in [0.5, 0.6) is 0 Å². The normalized spacial score (nSPS) is 10.3. The molecule has 0 spiro atoms. The van der Waals surface area contributed by atoms with Crippen molar-refractivity contribution in [2.75, 3.05) is 0 Å². The zero-order valence-corrected chi connectivity index (χ0v) is 10.0. The summed E-state index contributed by atoms with van der Waals surface area (Å²) in [4.78, 5) is 4.88. The molecule has 0 aliphatic carbocycles. The van der Waals surface area contributed by atoms with E-state index in [-0.39, 0.29) is 5.62 Å². The van der Waals surface area contributed by atoms with Crippen LogP contribution in [0.1, 0.15) is 13.3 Å². The van der Waals surface area contributed by atoms with E-state index in [9.17, 15) is 0 Å². The fourth-order valence-electron chi connectivity index (χ4n) is 1.60. The lowest BCUT2D eigenvalue weighted by Crippen LogP contribution is -2.32. The summed E-state index contributed by atoms with van der Waals surface area (Å²) in [6.07, 6.45) is 6.52. The highest BCUT2D eigenvalue weighted by molar-refractivity contribution is 5.55. The lowest BCUT2D eigenvalue weighted by molar-refractivity contribution is -0.696. The zero-order chi connectivity index (χ0) is 13.0. The van der Waals surface area contributed by atoms with Gasteiger partial charge in [-0.15, -0.1) is 0 Å². The summed E-state index contributed by atoms with van der Waals surface area (Å²) < 4.78 is 2.08. The van der Waals surface area contributed by atoms with E-state index in [0.29, 0.717) is 5.69 Å². The number of nitrogens with zero attached hydrogens (tertiary/aromatic N) is 5. The molecule has 0 aliphatic heterocycles. The van der Waals surface area contributed by atoms with Crippen LogP contribution in [-0.4, -0.2) is 14.9 Å². The number of hydrogen-bond donors (Lipinski definition) is 2. The molecule has 0 aliphatic rings. The Labute approximate surface area is 104 Å². The maximum absolute atomic E-state index is 7.54. The predicted octanol–water partition coefficient (Wildman–Crippen LogP) is 0.916. The molecule has 2 aromatic heterocycles. The zero-order valence-electron chi connectivity index (χ0n) is 10.0. The SMILES string of the molecule is CCC[n+]1ccc(-c2cnn(N=N)c(=N)n2)cc1. The largest absolute Gasteiger partial charge is 0.264 e. The fourth-order valence-corrected chi connectivity index (χ4v) is 1.60. The minimum absolute atomic E-state index is 0.159. The van der Waals surface area contributed by atoms with Crippen LogP contribution in [0.15, 0.2) is 35.9 Å². The van der Waals surface area contributed by atoms with Crippen LogP contribution >= 0.6 is 0 Å². The summed E-state index contributed by atoms with van der Waals surface area (Å²) in [5.41, 5.74) is 8.13. The van der Waals surface area contributed by atoms with Crippen LogP contribution in [0.2, 0.25) is 0 Å². The highest BCUT2D eigenvalue weighted by Gasteiger charge is 2.05. The van der Waals surface area contributed by atoms with E-state index in [1.807, 2.05) is 24.5 Å². The summed E-state index contributed by atoms with van der Waals surface area (Å²) in [6.45, 7) is 3.10. The number of aromatic nitrogens is 4. The van der Waals surface area contributed by atoms with Gasteiger partial charge in [-0.25, -0.2) is 9.55 Å². The first kappa shape index (κ1) is 12.0. The number of pyridine rings is 1. The highest BCUT2D eigenvalue weighted by atomic mass is 15.6. The first-order valence-electron chi connectivity index (χ1n) is 5.63. The maximum atomic E-state index is 7.54. The van der Waals surface area contributed by atoms with Gasteiger partial charge in [0.15, 0.2) is 12.4 Å². The molecule has 0 saturated carbocycles. The Kier molecular flexibility index (Phi) is 3.52. The van der Waals surface area contributed by atoms with Gasteiger partial charge in [0.2, 0.25) is 0 Å². The molecule has 0 saturated heterocycles. The quantitative estimate of drug-likeness (QED) is 0.618. The third-order valence-corrected chi connectivity index (χ3v) is 2.47. The van der Waals surface area contributed by atoms with Crippen molar-refractivity contribution in [2.24, 2.45) is 5.22 Å². The molecule has 7 nitrogen and oxygen atoms in total. The van der Waals surface area contributed by atoms with Gasteiger partial charge in [0.1, 0.15) is 6.54 Å². The third kappa shape index (κ3) is 2.45. The second-order valence-electron chi connectivity index (χ2n) is 3.78. The molecule has 0 aromatic carbocycles. The van der Waals surface area contributed by atoms with E-state index in [2.05, 4.69) is 26.8 Å². The van der Waals surface area contributed by atoms with Gasteiger partial charge in [0.25, 0.3) is 5.62 Å². The van der Waals surface area contributed by atoms with Crippen molar-refractivity contribution in [1.82, 2.24) is 14.9 Å². The molecule has 0 amide bonds. The Balaban J connectivity index is 2.34. The van der Waals surface area contributed by atoms with Crippen molar-refractivity contribution in [2.45, 2.75) is 19.9 Å². The van der Waals surface area contributed by atoms with Gasteiger partial charge in [-0.1, -0.05) is 11.7 Å². The van der Waals surface area contributed by atoms with Gasteiger partial charge in [0, 0.05) is 24.1 Å². The Bertz CT molecular complexity index is 600. The summed E-state index contributed by atoms with van der Waals surface area (Å²) in [5.74, 6) is 0. The van der Waals surface area contributed by atoms with Crippen LogP contribution in [0.25, 0.3) is 11.3 Å². The second-order valence-corrected chi connectivity index (χ2v) is 3.78. The van der Waals surface area contributed by atoms with Crippen LogP contribution in [0, 0.1) is 10.9 Å². The van der Waals surface area contributed by atoms with Crippen molar-refractivity contribution in [3.8, 4) is 11.3 Å². The summed E-state index contributed by atoms with van der Waals surface area (Å²) >= 11 is 0. The Hall–Kier alpha value is -2.44. The molecule has 18 heavy (non-hydrogen) atoms. The first-order chi connectivity index (χ1) is 8.74. The second kappa shape index (κ2) is 5.26. The fraction of sp³-hybridized carbons (Fsp3) is 0.273. The molecule has 2 rings (SSSR count). The lowest BCUT2D eigenvalue weighted by atomic mass is 10.2. The number of aryl methyl sites for hydroxylation is 1. The molecule has 0 bridgehead atoms. The number of rotatable bonds is 4. The molecule has 0 atom stereocenters. The monoisotopic (exact) mass is 244 g/mol. The average Bonchev–Trinajstić information content (AvgIpc) is 2.40. The van der Waals surface area contributed by atoms with E-state index < -0.39 is 0 Å². The Morgan fingerprint density at radius 2 is 2.11 bits per heavy atom. The number of hydrogen-bond acceptors (Lipinski definition) is 5. The first-order valence-corrected chi connectivity index (χ1v) is 5.63. The summed E-state index contributed by atoms with van der Waals surface area (Å²) in [6, 6.07) is 3.86. The number of nitrogens with one attached hydrogen (secondary N) is 2. The summed E-state index contributed by atoms with van der Waals surface area (Å²) in [5, 5.41) is 14.4. The Morgan fingerprint density at radius 3 is 2.67 bits per heavy atom. The predicted molar refractivity (Wildman–Crippen MR) is 62.3 cm³/mol. The van der Waals surface area contributed by atoms with Gasteiger partial charge in [-0.05, 0) is 5.22 Å². The van der Waals surface area contributed by atoms with Crippen LogP contribution in [0.3, 0.4) is 0 Å². The molecular formula is C11H14N7+.